The van der Waals surface area contributed by atoms with E-state index >= 15 is 0 Å². The molecule has 4 heterocycles. The van der Waals surface area contributed by atoms with Gasteiger partial charge >= 0.3 is 0 Å². The van der Waals surface area contributed by atoms with E-state index < -0.39 is 12.0 Å². The quantitative estimate of drug-likeness (QED) is 0.168. The van der Waals surface area contributed by atoms with Crippen LogP contribution in [0.2, 0.25) is 0 Å². The maximum absolute atomic E-state index is 13.6. The number of aromatic amines is 1. The molecule has 0 radical (unpaired) electrons. The van der Waals surface area contributed by atoms with Crippen LogP contribution in [0.25, 0.3) is 32.3 Å². The fourth-order valence-corrected chi connectivity index (χ4v) is 7.15. The number of benzene rings is 2. The summed E-state index contributed by atoms with van der Waals surface area (Å²) in [5.74, 6) is -0.667. The molecule has 0 spiro atoms. The molecule has 4 N–H and O–H groups in total. The van der Waals surface area contributed by atoms with Gasteiger partial charge in [0.05, 0.1) is 17.9 Å². The molecule has 43 heavy (non-hydrogen) atoms. The van der Waals surface area contributed by atoms with E-state index in [2.05, 4.69) is 35.1 Å². The van der Waals surface area contributed by atoms with Gasteiger partial charge in [0, 0.05) is 62.6 Å². The first-order valence-corrected chi connectivity index (χ1v) is 15.0. The maximum atomic E-state index is 13.6. The molecule has 4 aromatic heterocycles. The van der Waals surface area contributed by atoms with E-state index in [0.717, 1.165) is 45.0 Å². The van der Waals surface area contributed by atoms with Gasteiger partial charge in [-0.25, -0.2) is 0 Å². The number of aryl methyl sites for hydroxylation is 1. The van der Waals surface area contributed by atoms with E-state index in [1.54, 1.807) is 24.3 Å². The van der Waals surface area contributed by atoms with Gasteiger partial charge < -0.3 is 29.8 Å². The Hall–Kier alpha value is -4.80. The summed E-state index contributed by atoms with van der Waals surface area (Å²) in [6.07, 6.45) is 0.816. The number of carbonyl (C=O) groups excluding carboxylic acids is 2. The van der Waals surface area contributed by atoms with Crippen LogP contribution >= 0.6 is 11.3 Å². The average molecular weight is 595 g/mol. The van der Waals surface area contributed by atoms with Crippen molar-refractivity contribution in [2.45, 2.75) is 33.3 Å². The second kappa shape index (κ2) is 10.2. The number of carbonyl (C=O) groups is 2. The van der Waals surface area contributed by atoms with Crippen molar-refractivity contribution in [3.63, 3.8) is 0 Å². The van der Waals surface area contributed by atoms with Gasteiger partial charge in [-0.3, -0.25) is 14.2 Å². The van der Waals surface area contributed by atoms with Crippen molar-refractivity contribution in [2.24, 2.45) is 0 Å². The average Bonchev–Trinajstić information content (AvgIpc) is 3.76. The van der Waals surface area contributed by atoms with Gasteiger partial charge in [0.2, 0.25) is 0 Å². The third-order valence-electron chi connectivity index (χ3n) is 8.12. The predicted molar refractivity (Wildman–Crippen MR) is 169 cm³/mol. The lowest BCUT2D eigenvalue weighted by atomic mass is 9.94. The molecule has 1 unspecified atom stereocenters. The molecule has 1 amide bonds. The topological polar surface area (TPSA) is 124 Å². The van der Waals surface area contributed by atoms with E-state index in [0.29, 0.717) is 33.6 Å². The molecule has 0 saturated carbocycles. The number of thiophene rings is 1. The van der Waals surface area contributed by atoms with Crippen molar-refractivity contribution in [1.82, 2.24) is 9.55 Å². The molecule has 218 valence electrons. The minimum atomic E-state index is -0.767. The molecular formula is C33H30N4O5S. The van der Waals surface area contributed by atoms with Crippen LogP contribution in [0.3, 0.4) is 0 Å². The fourth-order valence-electron chi connectivity index (χ4n) is 6.00. The number of H-pyrrole nitrogens is 1. The lowest BCUT2D eigenvalue weighted by Gasteiger charge is -2.20. The molecule has 6 aromatic rings. The second-order valence-electron chi connectivity index (χ2n) is 10.8. The first-order chi connectivity index (χ1) is 20.7. The number of aliphatic hydroxyl groups excluding tert-OH is 1. The van der Waals surface area contributed by atoms with Crippen molar-refractivity contribution in [2.75, 3.05) is 23.3 Å². The number of anilines is 2. The molecule has 0 saturated heterocycles. The molecule has 7 rings (SSSR count). The van der Waals surface area contributed by atoms with Gasteiger partial charge in [0.25, 0.3) is 11.8 Å². The highest BCUT2D eigenvalue weighted by Crippen LogP contribution is 2.48. The number of rotatable bonds is 6. The van der Waals surface area contributed by atoms with E-state index in [1.165, 1.54) is 22.1 Å². The molecule has 2 aromatic carbocycles. The summed E-state index contributed by atoms with van der Waals surface area (Å²) in [5, 5.41) is 26.0. The Morgan fingerprint density at radius 1 is 1.09 bits per heavy atom. The molecule has 0 fully saturated rings. The predicted octanol–water partition coefficient (Wildman–Crippen LogP) is 6.83. The Bertz CT molecular complexity index is 2060. The van der Waals surface area contributed by atoms with Gasteiger partial charge in [-0.1, -0.05) is 0 Å². The summed E-state index contributed by atoms with van der Waals surface area (Å²) >= 11 is 1.48. The lowest BCUT2D eigenvalue weighted by Crippen LogP contribution is -2.21. The first kappa shape index (κ1) is 27.1. The van der Waals surface area contributed by atoms with Crippen LogP contribution in [-0.2, 0) is 6.42 Å². The standard InChI is InChI=1S/C33H30N4O5S/c1-4-36(5-2)21-7-8-23-18(12-21)13-24(35-23)32(40)34-20-6-9-28-19(11-20)14-29(42-28)33(41)37-16-27(39)30-25(37)15-26(38)22-10-17(3)43-31(22)30/h6-14,16,26,35,38-39H,4-5,15H2,1-3H3,(H,34,40). The molecule has 9 nitrogen and oxygen atoms in total. The number of nitrogens with one attached hydrogen (secondary N) is 2. The Labute approximate surface area is 251 Å². The lowest BCUT2D eigenvalue weighted by molar-refractivity contribution is 0.0927. The number of hydrogen-bond donors (Lipinski definition) is 4. The summed E-state index contributed by atoms with van der Waals surface area (Å²) < 4.78 is 7.24. The van der Waals surface area contributed by atoms with Gasteiger partial charge in [-0.05, 0) is 80.9 Å². The van der Waals surface area contributed by atoms with Crippen LogP contribution in [0.5, 0.6) is 5.75 Å². The molecule has 10 heteroatoms. The van der Waals surface area contributed by atoms with Crippen LogP contribution < -0.4 is 10.2 Å². The number of fused-ring (bicyclic) bond motifs is 5. The highest BCUT2D eigenvalue weighted by Gasteiger charge is 2.33. The molecular weight excluding hydrogens is 564 g/mol. The van der Waals surface area contributed by atoms with E-state index in [4.69, 9.17) is 4.42 Å². The largest absolute Gasteiger partial charge is 0.506 e. The summed E-state index contributed by atoms with van der Waals surface area (Å²) in [7, 11) is 0. The third-order valence-corrected chi connectivity index (χ3v) is 9.21. The Morgan fingerprint density at radius 3 is 2.70 bits per heavy atom. The normalized spacial score (nSPS) is 14.2. The van der Waals surface area contributed by atoms with Gasteiger partial charge in [0.15, 0.2) is 5.76 Å². The number of aromatic nitrogens is 2. The van der Waals surface area contributed by atoms with Crippen molar-refractivity contribution in [1.29, 1.82) is 0 Å². The van der Waals surface area contributed by atoms with Crippen molar-refractivity contribution in [3.05, 3.63) is 88.4 Å². The monoisotopic (exact) mass is 594 g/mol. The number of amides is 1. The number of hydrogen-bond acceptors (Lipinski definition) is 7. The van der Waals surface area contributed by atoms with Gasteiger partial charge in [0.1, 0.15) is 17.0 Å². The highest BCUT2D eigenvalue weighted by molar-refractivity contribution is 7.15. The number of furan rings is 1. The van der Waals surface area contributed by atoms with E-state index in [9.17, 15) is 19.8 Å². The van der Waals surface area contributed by atoms with E-state index in [-0.39, 0.29) is 23.8 Å². The zero-order valence-corrected chi connectivity index (χ0v) is 24.7. The zero-order valence-electron chi connectivity index (χ0n) is 23.9. The number of aromatic hydroxyl groups is 1. The molecule has 0 bridgehead atoms. The second-order valence-corrected chi connectivity index (χ2v) is 12.1. The summed E-state index contributed by atoms with van der Waals surface area (Å²) in [6.45, 7) is 7.98. The summed E-state index contributed by atoms with van der Waals surface area (Å²) in [5.41, 5.74) is 5.36. The maximum Gasteiger partial charge on any atom is 0.297 e. The summed E-state index contributed by atoms with van der Waals surface area (Å²) in [4.78, 5) is 33.9. The zero-order chi connectivity index (χ0) is 30.0. The molecule has 1 aliphatic rings. The molecule has 1 atom stereocenters. The Balaban J connectivity index is 1.14. The third kappa shape index (κ3) is 4.50. The smallest absolute Gasteiger partial charge is 0.297 e. The van der Waals surface area contributed by atoms with Crippen LogP contribution in [0.15, 0.2) is 65.2 Å². The van der Waals surface area contributed by atoms with Gasteiger partial charge in [-0.15, -0.1) is 11.3 Å². The van der Waals surface area contributed by atoms with Crippen molar-refractivity contribution < 1.29 is 24.2 Å². The van der Waals surface area contributed by atoms with Crippen LogP contribution in [-0.4, -0.2) is 44.7 Å². The summed E-state index contributed by atoms with van der Waals surface area (Å²) in [6, 6.07) is 16.7. The van der Waals surface area contributed by atoms with Crippen LogP contribution in [0.1, 0.15) is 57.1 Å². The Morgan fingerprint density at radius 2 is 1.91 bits per heavy atom. The SMILES string of the molecule is CCN(CC)c1ccc2[nH]c(C(=O)Nc3ccc4oc(C(=O)n5cc(O)c6c5CC(O)c5cc(C)sc5-6)cc4c3)cc2c1. The van der Waals surface area contributed by atoms with Crippen LogP contribution in [0, 0.1) is 6.92 Å². The minimum Gasteiger partial charge on any atom is -0.506 e. The number of nitrogens with zero attached hydrogens (tertiary/aromatic N) is 2. The first-order valence-electron chi connectivity index (χ1n) is 14.2. The highest BCUT2D eigenvalue weighted by atomic mass is 32.1. The van der Waals surface area contributed by atoms with Crippen molar-refractivity contribution in [3.8, 4) is 16.2 Å². The van der Waals surface area contributed by atoms with Crippen molar-refractivity contribution >= 4 is 56.4 Å². The number of aliphatic hydroxyl groups is 1. The Kier molecular flexibility index (Phi) is 6.41. The van der Waals surface area contributed by atoms with E-state index in [1.807, 2.05) is 31.2 Å². The molecule has 0 aliphatic heterocycles. The molecule has 1 aliphatic carbocycles. The van der Waals surface area contributed by atoms with Crippen LogP contribution in [0.4, 0.5) is 11.4 Å². The minimum absolute atomic E-state index is 0.0132. The van der Waals surface area contributed by atoms with Gasteiger partial charge in [-0.2, -0.15) is 0 Å². The fraction of sp³-hybridized carbons (Fsp3) is 0.212.